The van der Waals surface area contributed by atoms with Crippen LogP contribution in [0.4, 0.5) is 0 Å². The fraction of sp³-hybridized carbons (Fsp3) is 0.586. The molecule has 94 heavy (non-hydrogen) atoms. The minimum absolute atomic E-state index is 0.0888. The predicted molar refractivity (Wildman–Crippen MR) is 405 cm³/mol. The van der Waals surface area contributed by atoms with Gasteiger partial charge in [-0.15, -0.1) is 0 Å². The summed E-state index contributed by atoms with van der Waals surface area (Å²) in [4.78, 5) is 0. The van der Waals surface area contributed by atoms with E-state index in [0.717, 1.165) is 114 Å². The number of benzene rings is 6. The summed E-state index contributed by atoms with van der Waals surface area (Å²) in [6.07, 6.45) is 15.8. The van der Waals surface area contributed by atoms with Crippen molar-refractivity contribution in [2.24, 2.45) is 5.92 Å². The molecular formula is C87H128O6S. The van der Waals surface area contributed by atoms with Crippen LogP contribution in [0.3, 0.4) is 0 Å². The molecule has 0 aliphatic heterocycles. The monoisotopic (exact) mass is 1300 g/mol. The van der Waals surface area contributed by atoms with Gasteiger partial charge in [0.2, 0.25) is 0 Å². The van der Waals surface area contributed by atoms with Crippen molar-refractivity contribution in [3.63, 3.8) is 0 Å². The minimum atomic E-state index is -0.415. The van der Waals surface area contributed by atoms with Crippen molar-refractivity contribution in [3.8, 4) is 34.5 Å². The van der Waals surface area contributed by atoms with Gasteiger partial charge in [0.05, 0.1) is 0 Å². The van der Waals surface area contributed by atoms with Crippen molar-refractivity contribution >= 4 is 11.8 Å². The van der Waals surface area contributed by atoms with Crippen LogP contribution in [0.5, 0.6) is 34.5 Å². The Hall–Kier alpha value is -5.53. The molecule has 0 fully saturated rings. The highest BCUT2D eigenvalue weighted by Gasteiger charge is 2.40. The maximum atomic E-state index is 12.2. The standard InChI is InChI=1S/C87H128O6S/c1-26-27-28-29-30-31-32-33-34-35-40-94-80(65-50-71(85(17,18)19)77(91)44-56(65)5)39-38-59(62-47-68(82(8,9)10)74(88)41-53(62)2)61(81(66-51-72(86(20,21)22)78(92)45-57(66)6)67-52-73(87(23,24)25)79(93)46-58(67)7)37-36-60(63-48-69(83(11,12)13)75(89)42-54(63)3)64-49-70(84(14,15)16)76(90)43-55(64)4/h41-52,59-61,80-81,88-93H,26-40H2,1-25H3. The van der Waals surface area contributed by atoms with E-state index >= 15 is 0 Å². The van der Waals surface area contributed by atoms with E-state index in [1.807, 2.05) is 36.4 Å². The summed E-state index contributed by atoms with van der Waals surface area (Å²) >= 11 is 2.08. The Morgan fingerprint density at radius 3 is 0.894 bits per heavy atom. The highest BCUT2D eigenvalue weighted by Crippen LogP contribution is 2.55. The summed E-state index contributed by atoms with van der Waals surface area (Å²) in [6.45, 7) is 54.5. The lowest BCUT2D eigenvalue weighted by Gasteiger charge is -2.40. The average molecular weight is 1300 g/mol. The molecule has 0 saturated heterocycles. The molecule has 0 radical (unpaired) electrons. The smallest absolute Gasteiger partial charge is 0.119 e. The van der Waals surface area contributed by atoms with Crippen LogP contribution in [-0.4, -0.2) is 36.4 Å². The number of phenols is 6. The Morgan fingerprint density at radius 1 is 0.298 bits per heavy atom. The highest BCUT2D eigenvalue weighted by atomic mass is 32.2. The Labute approximate surface area is 576 Å². The molecule has 6 rings (SSSR count). The Balaban J connectivity index is 1.77. The number of hydrogen-bond donors (Lipinski definition) is 6. The Morgan fingerprint density at radius 2 is 0.564 bits per heavy atom. The summed E-state index contributed by atoms with van der Waals surface area (Å²) < 4.78 is 0. The van der Waals surface area contributed by atoms with Gasteiger partial charge in [0.25, 0.3) is 0 Å². The van der Waals surface area contributed by atoms with Gasteiger partial charge in [0.1, 0.15) is 34.5 Å². The molecule has 0 amide bonds. The molecule has 0 spiro atoms. The summed E-state index contributed by atoms with van der Waals surface area (Å²) in [5.74, 6) is 2.00. The van der Waals surface area contributed by atoms with Gasteiger partial charge in [-0.2, -0.15) is 11.8 Å². The van der Waals surface area contributed by atoms with E-state index in [1.165, 1.54) is 68.9 Å². The molecule has 0 bridgehead atoms. The van der Waals surface area contributed by atoms with Gasteiger partial charge < -0.3 is 30.6 Å². The fourth-order valence-electron chi connectivity index (χ4n) is 15.2. The number of rotatable bonds is 26. The molecule has 518 valence electrons. The molecule has 3 unspecified atom stereocenters. The first kappa shape index (κ1) is 77.5. The highest BCUT2D eigenvalue weighted by molar-refractivity contribution is 7.99. The predicted octanol–water partition coefficient (Wildman–Crippen LogP) is 24.9. The third-order valence-corrected chi connectivity index (χ3v) is 22.0. The molecule has 3 atom stereocenters. The molecule has 0 aromatic heterocycles. The second kappa shape index (κ2) is 30.9. The number of aryl methyl sites for hydroxylation is 6. The summed E-state index contributed by atoms with van der Waals surface area (Å²) in [5.41, 5.74) is 16.3. The van der Waals surface area contributed by atoms with E-state index in [-0.39, 0.29) is 68.2 Å². The first-order valence-corrected chi connectivity index (χ1v) is 37.1. The topological polar surface area (TPSA) is 121 Å². The largest absolute Gasteiger partial charge is 0.508 e. The quantitative estimate of drug-likeness (QED) is 0.0299. The maximum absolute atomic E-state index is 12.2. The molecule has 0 saturated carbocycles. The van der Waals surface area contributed by atoms with Gasteiger partial charge >= 0.3 is 0 Å². The SMILES string of the molecule is CCCCCCCCCCCCSC(CCC(c1cc(C(C)(C)C)c(O)cc1C)C(CCC(c1cc(C(C)(C)C)c(O)cc1C)c1cc(C(C)(C)C)c(O)cc1C)C(c1cc(C(C)(C)C)c(O)cc1C)c1cc(C(C)(C)C)c(O)cc1C)c1cc(C(C)(C)C)c(O)cc1C. The van der Waals surface area contributed by atoms with Gasteiger partial charge in [0.15, 0.2) is 0 Å². The molecule has 6 N–H and O–H groups in total. The zero-order chi connectivity index (χ0) is 70.5. The van der Waals surface area contributed by atoms with Gasteiger partial charge in [-0.1, -0.05) is 226 Å². The molecule has 0 aliphatic carbocycles. The van der Waals surface area contributed by atoms with Crippen molar-refractivity contribution in [3.05, 3.63) is 173 Å². The van der Waals surface area contributed by atoms with Crippen molar-refractivity contribution in [1.29, 1.82) is 0 Å². The third-order valence-electron chi connectivity index (χ3n) is 20.6. The lowest BCUT2D eigenvalue weighted by atomic mass is 9.64. The summed E-state index contributed by atoms with van der Waals surface area (Å²) in [5, 5.41) is 72.1. The number of unbranched alkanes of at least 4 members (excludes halogenated alkanes) is 9. The number of aromatic hydroxyl groups is 6. The second-order valence-corrected chi connectivity index (χ2v) is 36.2. The van der Waals surface area contributed by atoms with Gasteiger partial charge in [-0.05, 0) is 260 Å². The van der Waals surface area contributed by atoms with E-state index in [4.69, 9.17) is 0 Å². The normalized spacial score (nSPS) is 13.9. The van der Waals surface area contributed by atoms with Crippen molar-refractivity contribution < 1.29 is 30.6 Å². The maximum Gasteiger partial charge on any atom is 0.119 e. The zero-order valence-corrected chi connectivity index (χ0v) is 64.3. The van der Waals surface area contributed by atoms with Crippen LogP contribution in [0.2, 0.25) is 0 Å². The van der Waals surface area contributed by atoms with Gasteiger partial charge in [0, 0.05) is 17.1 Å². The van der Waals surface area contributed by atoms with Gasteiger partial charge in [-0.3, -0.25) is 0 Å². The number of thioether (sulfide) groups is 1. The van der Waals surface area contributed by atoms with Gasteiger partial charge in [-0.25, -0.2) is 0 Å². The molecular weight excluding hydrogens is 1170 g/mol. The number of phenolic OH excluding ortho intramolecular Hbond substituents is 6. The third kappa shape index (κ3) is 19.2. The van der Waals surface area contributed by atoms with E-state index in [9.17, 15) is 30.6 Å². The fourth-order valence-corrected chi connectivity index (χ4v) is 16.6. The van der Waals surface area contributed by atoms with Crippen LogP contribution in [0, 0.1) is 47.5 Å². The molecule has 0 heterocycles. The first-order valence-electron chi connectivity index (χ1n) is 36.0. The van der Waals surface area contributed by atoms with Crippen LogP contribution < -0.4 is 0 Å². The zero-order valence-electron chi connectivity index (χ0n) is 63.5. The summed E-state index contributed by atoms with van der Waals surface area (Å²) in [7, 11) is 0. The molecule has 6 aromatic rings. The van der Waals surface area contributed by atoms with E-state index in [0.29, 0.717) is 24.3 Å². The van der Waals surface area contributed by atoms with Crippen LogP contribution >= 0.6 is 11.8 Å². The van der Waals surface area contributed by atoms with E-state index in [2.05, 4.69) is 221 Å². The second-order valence-electron chi connectivity index (χ2n) is 34.9. The lowest BCUT2D eigenvalue weighted by molar-refractivity contribution is 0.318. The minimum Gasteiger partial charge on any atom is -0.508 e. The van der Waals surface area contributed by atoms with Crippen LogP contribution in [-0.2, 0) is 32.5 Å². The van der Waals surface area contributed by atoms with E-state index < -0.39 is 16.2 Å². The Kier molecular flexibility index (Phi) is 25.5. The van der Waals surface area contributed by atoms with Crippen molar-refractivity contribution in [1.82, 2.24) is 0 Å². The van der Waals surface area contributed by atoms with E-state index in [1.54, 1.807) is 0 Å². The number of hydrogen-bond acceptors (Lipinski definition) is 7. The molecule has 7 heteroatoms. The van der Waals surface area contributed by atoms with Crippen LogP contribution in [0.25, 0.3) is 0 Å². The molecule has 6 aromatic carbocycles. The van der Waals surface area contributed by atoms with Crippen LogP contribution in [0.1, 0.15) is 345 Å². The Bertz CT molecular complexity index is 3400. The first-order chi connectivity index (χ1) is 43.4. The molecule has 6 nitrogen and oxygen atoms in total. The average Bonchev–Trinajstić information content (AvgIpc) is 0.755. The molecule has 0 aliphatic rings. The van der Waals surface area contributed by atoms with Crippen molar-refractivity contribution in [2.75, 3.05) is 5.75 Å². The van der Waals surface area contributed by atoms with Crippen LogP contribution in [0.15, 0.2) is 72.8 Å². The van der Waals surface area contributed by atoms with Crippen molar-refractivity contribution in [2.45, 2.75) is 318 Å². The lowest BCUT2D eigenvalue weighted by Crippen LogP contribution is -2.27. The summed E-state index contributed by atoms with van der Waals surface area (Å²) in [6, 6.07) is 25.8.